The molecule has 1 aromatic rings. The summed E-state index contributed by atoms with van der Waals surface area (Å²) in [5.41, 5.74) is 0.739. The molecule has 5 heteroatoms. The molecule has 1 saturated carbocycles. The highest BCUT2D eigenvalue weighted by atomic mass is 16.5. The van der Waals surface area contributed by atoms with Crippen molar-refractivity contribution in [1.82, 2.24) is 10.2 Å². The normalized spacial score (nSPS) is 20.5. The zero-order valence-electron chi connectivity index (χ0n) is 15.7. The Bertz CT molecular complexity index is 636. The number of hydrogen-bond acceptors (Lipinski definition) is 4. The van der Waals surface area contributed by atoms with Gasteiger partial charge in [0.15, 0.2) is 0 Å². The van der Waals surface area contributed by atoms with Crippen LogP contribution in [-0.2, 0) is 11.2 Å². The van der Waals surface area contributed by atoms with E-state index in [0.717, 1.165) is 63.8 Å². The van der Waals surface area contributed by atoms with Crippen LogP contribution >= 0.6 is 0 Å². The molecule has 0 radical (unpaired) electrons. The van der Waals surface area contributed by atoms with Gasteiger partial charge in [-0.1, -0.05) is 12.1 Å². The van der Waals surface area contributed by atoms with E-state index in [1.807, 2.05) is 12.1 Å². The van der Waals surface area contributed by atoms with E-state index in [9.17, 15) is 10.1 Å². The molecule has 1 saturated heterocycles. The molecule has 0 unspecified atom stereocenters. The van der Waals surface area contributed by atoms with Crippen molar-refractivity contribution >= 4 is 5.91 Å². The van der Waals surface area contributed by atoms with Crippen LogP contribution in [-0.4, -0.2) is 43.1 Å². The van der Waals surface area contributed by atoms with Gasteiger partial charge < -0.3 is 10.1 Å². The third-order valence-electron chi connectivity index (χ3n) is 5.81. The van der Waals surface area contributed by atoms with Gasteiger partial charge in [0.2, 0.25) is 5.91 Å². The Morgan fingerprint density at radius 1 is 1.27 bits per heavy atom. The summed E-state index contributed by atoms with van der Waals surface area (Å²) in [6.07, 6.45) is 6.96. The number of carbonyl (C=O) groups excluding carboxylic acids is 1. The standard InChI is InChI=1S/C21H29N3O2/c1-26-19-6-4-17(5-7-19)14-18-8-12-24(13-9-18)15-20(25)23-21(16-22)10-2-3-11-21/h4-7,18H,2-3,8-15H2,1H3,(H,23,25). The quantitative estimate of drug-likeness (QED) is 0.852. The Kier molecular flexibility index (Phi) is 6.16. The lowest BCUT2D eigenvalue weighted by atomic mass is 9.90. The highest BCUT2D eigenvalue weighted by molar-refractivity contribution is 5.79. The fourth-order valence-corrected chi connectivity index (χ4v) is 4.20. The fourth-order valence-electron chi connectivity index (χ4n) is 4.20. The molecule has 0 spiro atoms. The van der Waals surface area contributed by atoms with E-state index in [2.05, 4.69) is 28.4 Å². The first-order valence-corrected chi connectivity index (χ1v) is 9.70. The Morgan fingerprint density at radius 2 is 1.92 bits per heavy atom. The van der Waals surface area contributed by atoms with Crippen LogP contribution in [0.5, 0.6) is 5.75 Å². The average Bonchev–Trinajstić information content (AvgIpc) is 3.13. The van der Waals surface area contributed by atoms with E-state index >= 15 is 0 Å². The van der Waals surface area contributed by atoms with Gasteiger partial charge in [0.1, 0.15) is 11.3 Å². The number of ether oxygens (including phenoxy) is 1. The lowest BCUT2D eigenvalue weighted by molar-refractivity contribution is -0.123. The minimum absolute atomic E-state index is 0.00190. The first-order valence-electron chi connectivity index (χ1n) is 9.70. The number of nitrogens with one attached hydrogen (secondary N) is 1. The molecule has 0 bridgehead atoms. The zero-order valence-corrected chi connectivity index (χ0v) is 15.7. The minimum atomic E-state index is -0.607. The molecule has 1 aliphatic carbocycles. The second-order valence-electron chi connectivity index (χ2n) is 7.72. The lowest BCUT2D eigenvalue weighted by Gasteiger charge is -2.32. The van der Waals surface area contributed by atoms with E-state index in [-0.39, 0.29) is 5.91 Å². The predicted molar refractivity (Wildman–Crippen MR) is 101 cm³/mol. The Balaban J connectivity index is 1.42. The topological polar surface area (TPSA) is 65.4 Å². The summed E-state index contributed by atoms with van der Waals surface area (Å²) in [5, 5.41) is 12.4. The second-order valence-corrected chi connectivity index (χ2v) is 7.72. The van der Waals surface area contributed by atoms with Crippen molar-refractivity contribution in [2.45, 2.75) is 50.5 Å². The molecular formula is C21H29N3O2. The molecule has 2 fully saturated rings. The van der Waals surface area contributed by atoms with Gasteiger partial charge in [-0.3, -0.25) is 9.69 Å². The molecule has 1 heterocycles. The Hall–Kier alpha value is -2.06. The number of hydrogen-bond donors (Lipinski definition) is 1. The van der Waals surface area contributed by atoms with Crippen LogP contribution < -0.4 is 10.1 Å². The predicted octanol–water partition coefficient (Wildman–Crippen LogP) is 2.90. The van der Waals surface area contributed by atoms with Crippen LogP contribution in [0, 0.1) is 17.2 Å². The number of nitrogens with zero attached hydrogens (tertiary/aromatic N) is 2. The van der Waals surface area contributed by atoms with E-state index in [0.29, 0.717) is 12.5 Å². The van der Waals surface area contributed by atoms with Crippen molar-refractivity contribution < 1.29 is 9.53 Å². The molecule has 1 amide bonds. The monoisotopic (exact) mass is 355 g/mol. The average molecular weight is 355 g/mol. The van der Waals surface area contributed by atoms with Crippen molar-refractivity contribution in [2.24, 2.45) is 5.92 Å². The van der Waals surface area contributed by atoms with E-state index < -0.39 is 5.54 Å². The van der Waals surface area contributed by atoms with E-state index in [1.54, 1.807) is 7.11 Å². The van der Waals surface area contributed by atoms with Gasteiger partial charge in [0.05, 0.1) is 19.7 Å². The molecule has 140 valence electrons. The molecule has 1 aromatic carbocycles. The van der Waals surface area contributed by atoms with Gasteiger partial charge in [-0.05, 0) is 81.6 Å². The highest BCUT2D eigenvalue weighted by Gasteiger charge is 2.35. The second kappa shape index (κ2) is 8.55. The van der Waals surface area contributed by atoms with Crippen LogP contribution in [0.25, 0.3) is 0 Å². The van der Waals surface area contributed by atoms with Gasteiger partial charge in [0.25, 0.3) is 0 Å². The smallest absolute Gasteiger partial charge is 0.235 e. The molecule has 0 aromatic heterocycles. The summed E-state index contributed by atoms with van der Waals surface area (Å²) in [6.45, 7) is 2.32. The molecule has 1 N–H and O–H groups in total. The number of carbonyl (C=O) groups is 1. The van der Waals surface area contributed by atoms with Gasteiger partial charge in [-0.15, -0.1) is 0 Å². The highest BCUT2D eigenvalue weighted by Crippen LogP contribution is 2.29. The first kappa shape index (κ1) is 18.7. The Morgan fingerprint density at radius 3 is 2.50 bits per heavy atom. The maximum absolute atomic E-state index is 12.3. The molecule has 5 nitrogen and oxygen atoms in total. The van der Waals surface area contributed by atoms with E-state index in [1.165, 1.54) is 5.56 Å². The van der Waals surface area contributed by atoms with Crippen LogP contribution in [0.3, 0.4) is 0 Å². The summed E-state index contributed by atoms with van der Waals surface area (Å²) in [4.78, 5) is 14.6. The van der Waals surface area contributed by atoms with Crippen molar-refractivity contribution in [3.63, 3.8) is 0 Å². The van der Waals surface area contributed by atoms with Crippen LogP contribution in [0.1, 0.15) is 44.1 Å². The van der Waals surface area contributed by atoms with Gasteiger partial charge >= 0.3 is 0 Å². The molecule has 0 atom stereocenters. The van der Waals surface area contributed by atoms with Gasteiger partial charge in [-0.2, -0.15) is 5.26 Å². The maximum atomic E-state index is 12.3. The molecule has 2 aliphatic rings. The number of amides is 1. The summed E-state index contributed by atoms with van der Waals surface area (Å²) < 4.78 is 5.21. The van der Waals surface area contributed by atoms with Crippen LogP contribution in [0.15, 0.2) is 24.3 Å². The minimum Gasteiger partial charge on any atom is -0.497 e. The number of likely N-dealkylation sites (tertiary alicyclic amines) is 1. The number of nitriles is 1. The summed E-state index contributed by atoms with van der Waals surface area (Å²) in [6, 6.07) is 10.6. The van der Waals surface area contributed by atoms with Crippen molar-refractivity contribution in [1.29, 1.82) is 5.26 Å². The SMILES string of the molecule is COc1ccc(CC2CCN(CC(=O)NC3(C#N)CCCC3)CC2)cc1. The molecular weight excluding hydrogens is 326 g/mol. The van der Waals surface area contributed by atoms with Gasteiger partial charge in [-0.25, -0.2) is 0 Å². The third kappa shape index (κ3) is 4.76. The van der Waals surface area contributed by atoms with Crippen molar-refractivity contribution in [3.05, 3.63) is 29.8 Å². The zero-order chi connectivity index (χ0) is 18.4. The summed E-state index contributed by atoms with van der Waals surface area (Å²) in [7, 11) is 1.69. The molecule has 1 aliphatic heterocycles. The van der Waals surface area contributed by atoms with Crippen LogP contribution in [0.4, 0.5) is 0 Å². The summed E-state index contributed by atoms with van der Waals surface area (Å²) >= 11 is 0. The molecule has 26 heavy (non-hydrogen) atoms. The largest absolute Gasteiger partial charge is 0.497 e. The first-order chi connectivity index (χ1) is 12.6. The number of benzene rings is 1. The number of piperidine rings is 1. The summed E-state index contributed by atoms with van der Waals surface area (Å²) in [5.74, 6) is 1.57. The maximum Gasteiger partial charge on any atom is 0.235 e. The third-order valence-corrected chi connectivity index (χ3v) is 5.81. The van der Waals surface area contributed by atoms with Gasteiger partial charge in [0, 0.05) is 0 Å². The van der Waals surface area contributed by atoms with Crippen molar-refractivity contribution in [3.8, 4) is 11.8 Å². The van der Waals surface area contributed by atoms with E-state index in [4.69, 9.17) is 4.74 Å². The fraction of sp³-hybridized carbons (Fsp3) is 0.619. The lowest BCUT2D eigenvalue weighted by Crippen LogP contribution is -2.50. The Labute approximate surface area is 156 Å². The van der Waals surface area contributed by atoms with Crippen LogP contribution in [0.2, 0.25) is 0 Å². The van der Waals surface area contributed by atoms with Crippen molar-refractivity contribution in [2.75, 3.05) is 26.7 Å². The molecule has 3 rings (SSSR count). The number of methoxy groups -OCH3 is 1. The number of rotatable bonds is 6.